The molecule has 0 aliphatic rings. The van der Waals surface area contributed by atoms with Crippen LogP contribution in [-0.4, -0.2) is 18.0 Å². The molecule has 7 heteroatoms. The molecule has 0 nitrogen and oxygen atoms in total. The summed E-state index contributed by atoms with van der Waals surface area (Å²) in [5.74, 6) is -11.1. The van der Waals surface area contributed by atoms with Crippen molar-refractivity contribution in [2.45, 2.75) is 30.9 Å². The summed E-state index contributed by atoms with van der Waals surface area (Å²) in [5.41, 5.74) is 0. The van der Waals surface area contributed by atoms with E-state index in [-0.39, 0.29) is 0 Å². The van der Waals surface area contributed by atoms with Gasteiger partial charge in [-0.05, 0) is 6.42 Å². The smallest absolute Gasteiger partial charge is 0.200 e. The van der Waals surface area contributed by atoms with Gasteiger partial charge in [0.1, 0.15) is 0 Å². The van der Waals surface area contributed by atoms with E-state index in [4.69, 9.17) is 0 Å². The summed E-state index contributed by atoms with van der Waals surface area (Å²) in [5, 5.41) is 0. The van der Waals surface area contributed by atoms with Gasteiger partial charge in [-0.15, -0.1) is 0 Å². The summed E-state index contributed by atoms with van der Waals surface area (Å²) in [7, 11) is 0. The molecule has 0 aliphatic heterocycles. The summed E-state index contributed by atoms with van der Waals surface area (Å²) in [6.45, 7) is 2.79. The zero-order valence-corrected chi connectivity index (χ0v) is 6.27. The van der Waals surface area contributed by atoms with E-state index in [1.54, 1.807) is 0 Å². The molecule has 0 aliphatic carbocycles. The van der Waals surface area contributed by atoms with E-state index >= 15 is 0 Å². The Morgan fingerprint density at radius 1 is 0.846 bits per heavy atom. The molecule has 1 radical (unpaired) electrons. The van der Waals surface area contributed by atoms with Gasteiger partial charge in [-0.3, -0.25) is 0 Å². The van der Waals surface area contributed by atoms with E-state index in [9.17, 15) is 30.7 Å². The van der Waals surface area contributed by atoms with Crippen molar-refractivity contribution >= 4 is 0 Å². The van der Waals surface area contributed by atoms with Crippen LogP contribution >= 0.6 is 0 Å². The van der Waals surface area contributed by atoms with Crippen molar-refractivity contribution in [1.29, 1.82) is 0 Å². The van der Waals surface area contributed by atoms with Crippen LogP contribution in [0.1, 0.15) is 12.8 Å². The standard InChI is InChI=1S/C6H6F7/c1-2-3-4(7,8)5(9,10)6(11,12)13/h1-3H2. The van der Waals surface area contributed by atoms with Crippen LogP contribution in [0.2, 0.25) is 0 Å². The minimum absolute atomic E-state index is 0.696. The van der Waals surface area contributed by atoms with Crippen LogP contribution in [0.25, 0.3) is 0 Å². The van der Waals surface area contributed by atoms with E-state index in [1.165, 1.54) is 0 Å². The minimum Gasteiger partial charge on any atom is -0.200 e. The third-order valence-corrected chi connectivity index (χ3v) is 1.31. The van der Waals surface area contributed by atoms with Gasteiger partial charge in [-0.25, -0.2) is 0 Å². The van der Waals surface area contributed by atoms with Gasteiger partial charge in [0, 0.05) is 6.42 Å². The molecule has 0 atom stereocenters. The highest BCUT2D eigenvalue weighted by molar-refractivity contribution is 4.90. The van der Waals surface area contributed by atoms with Gasteiger partial charge in [0.2, 0.25) is 0 Å². The molecule has 0 saturated heterocycles. The molecule has 0 aromatic rings. The molecule has 0 unspecified atom stereocenters. The van der Waals surface area contributed by atoms with E-state index in [1.807, 2.05) is 0 Å². The Morgan fingerprint density at radius 2 is 1.23 bits per heavy atom. The molecule has 0 rings (SSSR count). The van der Waals surface area contributed by atoms with Gasteiger partial charge < -0.3 is 0 Å². The minimum atomic E-state index is -6.23. The molecule has 13 heavy (non-hydrogen) atoms. The molecule has 0 fully saturated rings. The first-order chi connectivity index (χ1) is 5.56. The monoisotopic (exact) mass is 211 g/mol. The van der Waals surface area contributed by atoms with Crippen LogP contribution in [-0.2, 0) is 0 Å². The Bertz CT molecular complexity index is 168. The van der Waals surface area contributed by atoms with Crippen molar-refractivity contribution in [3.8, 4) is 0 Å². The van der Waals surface area contributed by atoms with E-state index < -0.39 is 30.9 Å². The number of hydrogen-bond donors (Lipinski definition) is 0. The highest BCUT2D eigenvalue weighted by Gasteiger charge is 2.72. The maximum Gasteiger partial charge on any atom is 0.459 e. The van der Waals surface area contributed by atoms with Crippen molar-refractivity contribution in [1.82, 2.24) is 0 Å². The molecule has 0 heterocycles. The second kappa shape index (κ2) is 3.34. The van der Waals surface area contributed by atoms with Gasteiger partial charge in [0.25, 0.3) is 0 Å². The summed E-state index contributed by atoms with van der Waals surface area (Å²) >= 11 is 0. The first-order valence-electron chi connectivity index (χ1n) is 3.18. The maximum atomic E-state index is 12.2. The number of alkyl halides is 7. The highest BCUT2D eigenvalue weighted by atomic mass is 19.4. The lowest BCUT2D eigenvalue weighted by atomic mass is 10.1. The van der Waals surface area contributed by atoms with Gasteiger partial charge >= 0.3 is 18.0 Å². The van der Waals surface area contributed by atoms with Gasteiger partial charge in [-0.2, -0.15) is 30.7 Å². The highest BCUT2D eigenvalue weighted by Crippen LogP contribution is 2.48. The lowest BCUT2D eigenvalue weighted by Gasteiger charge is -2.27. The Hall–Kier alpha value is -0.490. The second-order valence-corrected chi connectivity index (χ2v) is 2.38. The van der Waals surface area contributed by atoms with Crippen LogP contribution < -0.4 is 0 Å². The SMILES string of the molecule is [CH2]CCC(F)(F)C(F)(F)C(F)(F)F. The topological polar surface area (TPSA) is 0 Å². The van der Waals surface area contributed by atoms with Crippen molar-refractivity contribution < 1.29 is 30.7 Å². The zero-order chi connectivity index (χ0) is 10.9. The quantitative estimate of drug-likeness (QED) is 0.627. The summed E-state index contributed by atoms with van der Waals surface area (Å²) < 4.78 is 82.6. The van der Waals surface area contributed by atoms with E-state index in [0.29, 0.717) is 0 Å². The molecule has 0 aromatic carbocycles. The number of hydrogen-bond acceptors (Lipinski definition) is 0. The number of rotatable bonds is 3. The van der Waals surface area contributed by atoms with Crippen LogP contribution in [0, 0.1) is 6.92 Å². The maximum absolute atomic E-state index is 12.2. The summed E-state index contributed by atoms with van der Waals surface area (Å²) in [6.07, 6.45) is -8.52. The van der Waals surface area contributed by atoms with Gasteiger partial charge in [0.15, 0.2) is 0 Å². The molecule has 0 amide bonds. The predicted octanol–water partition coefficient (Wildman–Crippen LogP) is 3.43. The fourth-order valence-electron chi connectivity index (χ4n) is 0.586. The van der Waals surface area contributed by atoms with Crippen LogP contribution in [0.5, 0.6) is 0 Å². The average molecular weight is 211 g/mol. The Kier molecular flexibility index (Phi) is 3.21. The Labute approximate surface area is 69.7 Å². The largest absolute Gasteiger partial charge is 0.459 e. The fraction of sp³-hybridized carbons (Fsp3) is 0.833. The predicted molar refractivity (Wildman–Crippen MR) is 30.5 cm³/mol. The van der Waals surface area contributed by atoms with Crippen LogP contribution in [0.15, 0.2) is 0 Å². The molecule has 79 valence electrons. The first kappa shape index (κ1) is 12.5. The van der Waals surface area contributed by atoms with Crippen molar-refractivity contribution in [2.75, 3.05) is 0 Å². The zero-order valence-electron chi connectivity index (χ0n) is 6.27. The van der Waals surface area contributed by atoms with E-state index in [2.05, 4.69) is 6.92 Å². The molecular formula is C6H6F7. The lowest BCUT2D eigenvalue weighted by molar-refractivity contribution is -0.355. The number of halogens is 7. The van der Waals surface area contributed by atoms with Crippen LogP contribution in [0.4, 0.5) is 30.7 Å². The Balaban J connectivity index is 4.81. The van der Waals surface area contributed by atoms with Crippen LogP contribution in [0.3, 0.4) is 0 Å². The van der Waals surface area contributed by atoms with E-state index in [0.717, 1.165) is 0 Å². The molecule has 0 bridgehead atoms. The third kappa shape index (κ3) is 2.25. The molecule has 0 spiro atoms. The molecule has 0 aromatic heterocycles. The Morgan fingerprint density at radius 3 is 1.46 bits per heavy atom. The molecule has 0 saturated carbocycles. The van der Waals surface area contributed by atoms with Crippen molar-refractivity contribution in [3.63, 3.8) is 0 Å². The van der Waals surface area contributed by atoms with Gasteiger partial charge in [0.05, 0.1) is 0 Å². The normalized spacial score (nSPS) is 14.8. The van der Waals surface area contributed by atoms with Crippen molar-refractivity contribution in [2.24, 2.45) is 0 Å². The van der Waals surface area contributed by atoms with Gasteiger partial charge in [-0.1, -0.05) is 6.92 Å². The summed E-state index contributed by atoms with van der Waals surface area (Å²) in [6, 6.07) is 0. The molecule has 0 N–H and O–H groups in total. The lowest BCUT2D eigenvalue weighted by Crippen LogP contribution is -2.51. The van der Waals surface area contributed by atoms with Crippen molar-refractivity contribution in [3.05, 3.63) is 6.92 Å². The fourth-order valence-corrected chi connectivity index (χ4v) is 0.586. The third-order valence-electron chi connectivity index (χ3n) is 1.31. The average Bonchev–Trinajstić information content (AvgIpc) is 1.84. The molecular weight excluding hydrogens is 205 g/mol. The first-order valence-corrected chi connectivity index (χ1v) is 3.18. The summed E-state index contributed by atoms with van der Waals surface area (Å²) in [4.78, 5) is 0. The second-order valence-electron chi connectivity index (χ2n) is 2.38.